The Morgan fingerprint density at radius 1 is 0.554 bits per heavy atom. The van der Waals surface area contributed by atoms with Crippen LogP contribution < -0.4 is 0 Å². The van der Waals surface area contributed by atoms with Crippen molar-refractivity contribution in [1.29, 1.82) is 0 Å². The Labute approximate surface area is 395 Å². The molecule has 5 heteroatoms. The molecule has 10 rings (SSSR count). The van der Waals surface area contributed by atoms with E-state index in [4.69, 9.17) is 4.74 Å². The van der Waals surface area contributed by atoms with Gasteiger partial charge in [-0.25, -0.2) is 0 Å². The number of carbonyl (C=O) groups excluding carboxylic acids is 2. The highest BCUT2D eigenvalue weighted by molar-refractivity contribution is 5.85. The highest BCUT2D eigenvalue weighted by Crippen LogP contribution is 2.78. The predicted molar refractivity (Wildman–Crippen MR) is 260 cm³/mol. The van der Waals surface area contributed by atoms with E-state index in [1.165, 1.54) is 12.0 Å². The molecule has 0 aliphatic heterocycles. The van der Waals surface area contributed by atoms with Crippen molar-refractivity contribution in [2.45, 2.75) is 219 Å². The van der Waals surface area contributed by atoms with E-state index in [0.717, 1.165) is 109 Å². The van der Waals surface area contributed by atoms with Crippen LogP contribution in [0.3, 0.4) is 0 Å². The van der Waals surface area contributed by atoms with Gasteiger partial charge in [0.05, 0.1) is 10.8 Å². The van der Waals surface area contributed by atoms with Crippen molar-refractivity contribution in [3.63, 3.8) is 0 Å². The molecule has 0 heterocycles. The van der Waals surface area contributed by atoms with E-state index >= 15 is 4.79 Å². The minimum absolute atomic E-state index is 0.00126. The fraction of sp³-hybridized carbons (Fsp3) is 0.883. The quantitative estimate of drug-likeness (QED) is 0.225. The molecule has 0 aromatic carbocycles. The Kier molecular flexibility index (Phi) is 10.3. The standard InChI is InChI=1S/C60H92O5/c1-35-19-29-59(49(62)63)33-31-55(11)39(47(59)37(35)3)15-17-44-54(10)26-24-46(52(7,8)42(54)22-28-58(44,55)14)65-50(64)60-30-20-36(2)38(4)48(60)40-16-18-43-53(9)25-23-45(61)51(5,6)41(53)21-27-57(43,13)56(40,12)32-34-60/h15-16,35-38,41-44,46-48H,17-34H2,1-14H3,(H,62,63)/t35-,36-,37+,38+,41-,42+,43-,44-,46+,47+,48+,53+,54+,55-,56-,57-,58-,59+,60+/m1/s1. The number of carbonyl (C=O) groups is 3. The molecule has 362 valence electrons. The summed E-state index contributed by atoms with van der Waals surface area (Å²) in [5.74, 6) is 4.26. The van der Waals surface area contributed by atoms with E-state index in [1.807, 2.05) is 0 Å². The van der Waals surface area contributed by atoms with Gasteiger partial charge in [0.15, 0.2) is 0 Å². The first-order valence-electron chi connectivity index (χ1n) is 27.6. The van der Waals surface area contributed by atoms with Crippen molar-refractivity contribution in [3.05, 3.63) is 23.3 Å². The molecule has 65 heavy (non-hydrogen) atoms. The average molecular weight is 893 g/mol. The Hall–Kier alpha value is -1.91. The highest BCUT2D eigenvalue weighted by Gasteiger charge is 2.72. The number of aliphatic carboxylic acids is 1. The molecular weight excluding hydrogens is 801 g/mol. The van der Waals surface area contributed by atoms with Crippen LogP contribution in [0.5, 0.6) is 0 Å². The van der Waals surface area contributed by atoms with E-state index in [0.29, 0.717) is 53.1 Å². The summed E-state index contributed by atoms with van der Waals surface area (Å²) < 4.78 is 7.26. The van der Waals surface area contributed by atoms with Gasteiger partial charge >= 0.3 is 11.9 Å². The number of hydrogen-bond donors (Lipinski definition) is 1. The molecule has 1 N–H and O–H groups in total. The zero-order chi connectivity index (χ0) is 47.1. The number of ketones is 1. The lowest BCUT2D eigenvalue weighted by molar-refractivity contribution is -0.224. The van der Waals surface area contributed by atoms with E-state index in [1.54, 1.807) is 5.57 Å². The van der Waals surface area contributed by atoms with Crippen LogP contribution in [0.2, 0.25) is 0 Å². The number of hydrogen-bond acceptors (Lipinski definition) is 4. The maximum atomic E-state index is 15.7. The first-order valence-corrected chi connectivity index (χ1v) is 27.6. The van der Waals surface area contributed by atoms with Gasteiger partial charge in [-0.1, -0.05) is 120 Å². The molecule has 5 nitrogen and oxygen atoms in total. The van der Waals surface area contributed by atoms with Crippen LogP contribution in [0.15, 0.2) is 23.3 Å². The van der Waals surface area contributed by atoms with E-state index in [9.17, 15) is 14.7 Å². The Balaban J connectivity index is 0.933. The third-order valence-electron chi connectivity index (χ3n) is 26.7. The molecular formula is C60H92O5. The largest absolute Gasteiger partial charge is 0.481 e. The smallest absolute Gasteiger partial charge is 0.312 e. The highest BCUT2D eigenvalue weighted by atomic mass is 16.5. The van der Waals surface area contributed by atoms with Gasteiger partial charge in [-0.15, -0.1) is 0 Å². The van der Waals surface area contributed by atoms with Crippen molar-refractivity contribution in [2.24, 2.45) is 113 Å². The van der Waals surface area contributed by atoms with Gasteiger partial charge in [0, 0.05) is 17.3 Å². The Bertz CT molecular complexity index is 2090. The summed E-state index contributed by atoms with van der Waals surface area (Å²) in [6.07, 6.45) is 23.3. The lowest BCUT2D eigenvalue weighted by Crippen LogP contribution is -2.66. The van der Waals surface area contributed by atoms with Crippen molar-refractivity contribution >= 4 is 17.7 Å². The van der Waals surface area contributed by atoms with Crippen LogP contribution in [-0.4, -0.2) is 28.9 Å². The fourth-order valence-corrected chi connectivity index (χ4v) is 21.9. The Morgan fingerprint density at radius 2 is 1.03 bits per heavy atom. The Morgan fingerprint density at radius 3 is 1.57 bits per heavy atom. The molecule has 0 radical (unpaired) electrons. The van der Waals surface area contributed by atoms with Crippen LogP contribution in [0.4, 0.5) is 0 Å². The number of ether oxygens (including phenoxy) is 1. The molecule has 0 amide bonds. The van der Waals surface area contributed by atoms with Gasteiger partial charge in [-0.2, -0.15) is 0 Å². The normalized spacial score (nSPS) is 55.1. The maximum Gasteiger partial charge on any atom is 0.312 e. The van der Waals surface area contributed by atoms with Gasteiger partial charge in [0.25, 0.3) is 0 Å². The molecule has 0 spiro atoms. The van der Waals surface area contributed by atoms with Crippen LogP contribution in [0.1, 0.15) is 213 Å². The van der Waals surface area contributed by atoms with Gasteiger partial charge < -0.3 is 9.84 Å². The summed E-state index contributed by atoms with van der Waals surface area (Å²) in [6, 6.07) is 0. The SMILES string of the molecule is C[C@H]1[C@H](C)CC[C@]2(C(=O)O)CC[C@]3(C)C(=CC[C@@H]4[C@@]5(C)CC[C@H](OC(=O)[C@]67CC[C@@H](C)[C@H](C)[C@H]6C6=CC[C@@H]8[C@@]9(C)CCC(=O)C(C)(C)[C@H]9CC[C@@]8(C)[C@]6(C)CC7)C(C)(C)[C@@H]5CC[C@]43C)[C@H]12. The van der Waals surface area contributed by atoms with Gasteiger partial charge in [0.1, 0.15) is 11.9 Å². The number of esters is 1. The van der Waals surface area contributed by atoms with Gasteiger partial charge in [0.2, 0.25) is 0 Å². The molecule has 8 saturated carbocycles. The van der Waals surface area contributed by atoms with Crippen molar-refractivity contribution < 1.29 is 24.2 Å². The van der Waals surface area contributed by atoms with Crippen molar-refractivity contribution in [3.8, 4) is 0 Å². The number of rotatable bonds is 3. The van der Waals surface area contributed by atoms with Crippen LogP contribution >= 0.6 is 0 Å². The van der Waals surface area contributed by atoms with Crippen molar-refractivity contribution in [2.75, 3.05) is 0 Å². The number of carboxylic acid groups (broad SMARTS) is 1. The molecule has 0 aromatic rings. The topological polar surface area (TPSA) is 80.7 Å². The third kappa shape index (κ3) is 5.60. The number of allylic oxidation sites excluding steroid dienone is 4. The monoisotopic (exact) mass is 893 g/mol. The average Bonchev–Trinajstić information content (AvgIpc) is 3.23. The molecule has 8 fully saturated rings. The number of carboxylic acids is 1. The van der Waals surface area contributed by atoms with Gasteiger partial charge in [-0.05, 0) is 201 Å². The second-order valence-corrected chi connectivity index (χ2v) is 28.8. The molecule has 0 aromatic heterocycles. The fourth-order valence-electron chi connectivity index (χ4n) is 21.9. The zero-order valence-corrected chi connectivity index (χ0v) is 43.8. The van der Waals surface area contributed by atoms with Crippen LogP contribution in [-0.2, 0) is 19.1 Å². The molecule has 10 aliphatic rings. The van der Waals surface area contributed by atoms with E-state index < -0.39 is 16.8 Å². The minimum atomic E-state index is -0.615. The molecule has 19 atom stereocenters. The molecule has 0 saturated heterocycles. The lowest BCUT2D eigenvalue weighted by atomic mass is 9.33. The molecule has 0 unspecified atom stereocenters. The van der Waals surface area contributed by atoms with E-state index in [-0.39, 0.29) is 67.2 Å². The van der Waals surface area contributed by atoms with Gasteiger partial charge in [-0.3, -0.25) is 14.4 Å². The van der Waals surface area contributed by atoms with Crippen LogP contribution in [0.25, 0.3) is 0 Å². The summed E-state index contributed by atoms with van der Waals surface area (Å²) in [7, 11) is 0. The summed E-state index contributed by atoms with van der Waals surface area (Å²) in [4.78, 5) is 42.3. The second-order valence-electron chi connectivity index (χ2n) is 28.8. The summed E-state index contributed by atoms with van der Waals surface area (Å²) in [5.41, 5.74) is 2.16. The summed E-state index contributed by atoms with van der Waals surface area (Å²) in [6.45, 7) is 34.7. The minimum Gasteiger partial charge on any atom is -0.481 e. The van der Waals surface area contributed by atoms with E-state index in [2.05, 4.69) is 109 Å². The summed E-state index contributed by atoms with van der Waals surface area (Å²) >= 11 is 0. The van der Waals surface area contributed by atoms with Crippen LogP contribution in [0, 0.1) is 113 Å². The lowest BCUT2D eigenvalue weighted by Gasteiger charge is -2.71. The molecule has 0 bridgehead atoms. The predicted octanol–water partition coefficient (Wildman–Crippen LogP) is 14.9. The maximum absolute atomic E-state index is 15.7. The molecule has 10 aliphatic carbocycles. The zero-order valence-electron chi connectivity index (χ0n) is 43.8. The number of fused-ring (bicyclic) bond motifs is 14. The second kappa shape index (κ2) is 14.3. The number of Topliss-reactive ketones (excluding diaryl/α,β-unsaturated/α-hetero) is 1. The summed E-state index contributed by atoms with van der Waals surface area (Å²) in [5, 5.41) is 10.9. The first-order chi connectivity index (χ1) is 30.2. The van der Waals surface area contributed by atoms with Crippen molar-refractivity contribution in [1.82, 2.24) is 0 Å². The first kappa shape index (κ1) is 46.8. The third-order valence-corrected chi connectivity index (χ3v) is 26.7.